The van der Waals surface area contributed by atoms with E-state index in [1.807, 2.05) is 36.1 Å². The van der Waals surface area contributed by atoms with E-state index >= 15 is 0 Å². The van der Waals surface area contributed by atoms with Crippen LogP contribution < -0.4 is 5.32 Å². The molecule has 0 aliphatic carbocycles. The van der Waals surface area contributed by atoms with Crippen molar-refractivity contribution in [3.8, 4) is 0 Å². The molecular weight excluding hydrogens is 372 g/mol. The minimum absolute atomic E-state index is 0.141. The van der Waals surface area contributed by atoms with Crippen LogP contribution in [-0.2, 0) is 4.79 Å². The summed E-state index contributed by atoms with van der Waals surface area (Å²) in [6.45, 7) is 3.41. The molecule has 1 aliphatic rings. The summed E-state index contributed by atoms with van der Waals surface area (Å²) in [7, 11) is 0. The van der Waals surface area contributed by atoms with Crippen molar-refractivity contribution in [3.63, 3.8) is 0 Å². The van der Waals surface area contributed by atoms with Crippen molar-refractivity contribution in [1.82, 2.24) is 10.2 Å². The number of carbonyl (C=O) groups excluding carboxylic acids is 2. The van der Waals surface area contributed by atoms with E-state index < -0.39 is 0 Å². The van der Waals surface area contributed by atoms with E-state index in [2.05, 4.69) is 5.32 Å². The Kier molecular flexibility index (Phi) is 6.88. The molecule has 0 aromatic heterocycles. The molecule has 2 aromatic carbocycles. The van der Waals surface area contributed by atoms with Gasteiger partial charge < -0.3 is 10.2 Å². The van der Waals surface area contributed by atoms with Crippen molar-refractivity contribution < 1.29 is 9.59 Å². The molecule has 0 radical (unpaired) electrons. The van der Waals surface area contributed by atoms with E-state index in [0.29, 0.717) is 10.6 Å². The Bertz CT molecular complexity index is 849. The average molecular weight is 397 g/mol. The highest BCUT2D eigenvalue weighted by Gasteiger charge is 2.21. The number of likely N-dealkylation sites (tertiary alicyclic amines) is 1. The van der Waals surface area contributed by atoms with Gasteiger partial charge >= 0.3 is 0 Å². The predicted molar refractivity (Wildman–Crippen MR) is 113 cm³/mol. The van der Waals surface area contributed by atoms with Crippen LogP contribution in [0.3, 0.4) is 0 Å². The quantitative estimate of drug-likeness (QED) is 0.753. The summed E-state index contributed by atoms with van der Waals surface area (Å²) in [5, 5.41) is 3.46. The standard InChI is InChI=1S/C23H25ClN2O2/c1-17-6-10-19(11-7-17)22(27)25-21(16-18-8-12-20(24)13-9-18)23(28)26-14-4-2-3-5-15-26/h6-13,16H,2-5,14-15H2,1H3,(H,25,27)/b21-16-. The molecule has 4 nitrogen and oxygen atoms in total. The Morgan fingerprint density at radius 3 is 2.14 bits per heavy atom. The molecule has 2 aromatic rings. The number of halogens is 1. The molecule has 28 heavy (non-hydrogen) atoms. The van der Waals surface area contributed by atoms with Gasteiger partial charge in [0.25, 0.3) is 11.8 Å². The third-order valence-electron chi connectivity index (χ3n) is 4.87. The van der Waals surface area contributed by atoms with Crippen LogP contribution >= 0.6 is 11.6 Å². The van der Waals surface area contributed by atoms with Crippen LogP contribution in [0.15, 0.2) is 54.2 Å². The number of aryl methyl sites for hydroxylation is 1. The monoisotopic (exact) mass is 396 g/mol. The lowest BCUT2D eigenvalue weighted by Gasteiger charge is -2.22. The molecule has 3 rings (SSSR count). The molecule has 1 N–H and O–H groups in total. The minimum atomic E-state index is -0.289. The molecular formula is C23H25ClN2O2. The molecule has 1 saturated heterocycles. The highest BCUT2D eigenvalue weighted by molar-refractivity contribution is 6.30. The summed E-state index contributed by atoms with van der Waals surface area (Å²) in [5.74, 6) is -0.430. The number of amides is 2. The van der Waals surface area contributed by atoms with Gasteiger partial charge in [0.15, 0.2) is 0 Å². The van der Waals surface area contributed by atoms with Gasteiger partial charge in [-0.1, -0.05) is 54.3 Å². The van der Waals surface area contributed by atoms with Crippen molar-refractivity contribution >= 4 is 29.5 Å². The Morgan fingerprint density at radius 1 is 0.929 bits per heavy atom. The summed E-state index contributed by atoms with van der Waals surface area (Å²) in [4.78, 5) is 27.7. The summed E-state index contributed by atoms with van der Waals surface area (Å²) < 4.78 is 0. The van der Waals surface area contributed by atoms with E-state index in [4.69, 9.17) is 11.6 Å². The van der Waals surface area contributed by atoms with Gasteiger partial charge in [0.1, 0.15) is 5.70 Å². The molecule has 1 fully saturated rings. The van der Waals surface area contributed by atoms with Crippen LogP contribution in [0.1, 0.15) is 47.2 Å². The third kappa shape index (κ3) is 5.46. The third-order valence-corrected chi connectivity index (χ3v) is 5.12. The normalized spacial score (nSPS) is 15.1. The van der Waals surface area contributed by atoms with Crippen LogP contribution in [0.4, 0.5) is 0 Å². The lowest BCUT2D eigenvalue weighted by atomic mass is 10.1. The molecule has 0 unspecified atom stereocenters. The van der Waals surface area contributed by atoms with Gasteiger partial charge in [-0.25, -0.2) is 0 Å². The molecule has 0 atom stereocenters. The van der Waals surface area contributed by atoms with Crippen LogP contribution in [0.2, 0.25) is 5.02 Å². The average Bonchev–Trinajstić information content (AvgIpc) is 2.98. The highest BCUT2D eigenvalue weighted by atomic mass is 35.5. The Hall–Kier alpha value is -2.59. The van der Waals surface area contributed by atoms with E-state index in [-0.39, 0.29) is 17.5 Å². The highest BCUT2D eigenvalue weighted by Crippen LogP contribution is 2.16. The first-order valence-electron chi connectivity index (χ1n) is 9.67. The van der Waals surface area contributed by atoms with E-state index in [0.717, 1.165) is 49.9 Å². The van der Waals surface area contributed by atoms with Crippen LogP contribution in [-0.4, -0.2) is 29.8 Å². The van der Waals surface area contributed by atoms with Crippen molar-refractivity contribution in [2.24, 2.45) is 0 Å². The van der Waals surface area contributed by atoms with Gasteiger partial charge in [0, 0.05) is 23.7 Å². The molecule has 0 bridgehead atoms. The Labute approximate surface area is 171 Å². The topological polar surface area (TPSA) is 49.4 Å². The Balaban J connectivity index is 1.86. The fourth-order valence-corrected chi connectivity index (χ4v) is 3.35. The van der Waals surface area contributed by atoms with Crippen molar-refractivity contribution in [1.29, 1.82) is 0 Å². The second-order valence-corrected chi connectivity index (χ2v) is 7.57. The number of nitrogens with one attached hydrogen (secondary N) is 1. The molecule has 1 aliphatic heterocycles. The van der Waals surface area contributed by atoms with Gasteiger partial charge in [-0.15, -0.1) is 0 Å². The molecule has 5 heteroatoms. The molecule has 146 valence electrons. The van der Waals surface area contributed by atoms with Crippen molar-refractivity contribution in [2.75, 3.05) is 13.1 Å². The van der Waals surface area contributed by atoms with E-state index in [9.17, 15) is 9.59 Å². The lowest BCUT2D eigenvalue weighted by molar-refractivity contribution is -0.127. The lowest BCUT2D eigenvalue weighted by Crippen LogP contribution is -2.39. The van der Waals surface area contributed by atoms with Crippen molar-refractivity contribution in [3.05, 3.63) is 75.9 Å². The fraction of sp³-hybridized carbons (Fsp3) is 0.304. The number of nitrogens with zero attached hydrogens (tertiary/aromatic N) is 1. The van der Waals surface area contributed by atoms with Gasteiger partial charge in [-0.2, -0.15) is 0 Å². The zero-order valence-corrected chi connectivity index (χ0v) is 16.8. The van der Waals surface area contributed by atoms with Crippen molar-refractivity contribution in [2.45, 2.75) is 32.6 Å². The summed E-state index contributed by atoms with van der Waals surface area (Å²) in [6.07, 6.45) is 5.97. The summed E-state index contributed by atoms with van der Waals surface area (Å²) in [5.41, 5.74) is 2.70. The van der Waals surface area contributed by atoms with Gasteiger partial charge in [-0.05, 0) is 55.7 Å². The first kappa shape index (κ1) is 20.2. The predicted octanol–water partition coefficient (Wildman–Crippen LogP) is 4.82. The smallest absolute Gasteiger partial charge is 0.270 e. The minimum Gasteiger partial charge on any atom is -0.337 e. The first-order valence-corrected chi connectivity index (χ1v) is 10.1. The van der Waals surface area contributed by atoms with Crippen LogP contribution in [0.5, 0.6) is 0 Å². The second-order valence-electron chi connectivity index (χ2n) is 7.14. The summed E-state index contributed by atoms with van der Waals surface area (Å²) in [6, 6.07) is 14.5. The second kappa shape index (κ2) is 9.56. The number of rotatable bonds is 4. The number of carbonyl (C=O) groups is 2. The maximum absolute atomic E-state index is 13.2. The fourth-order valence-electron chi connectivity index (χ4n) is 3.22. The number of hydrogen-bond acceptors (Lipinski definition) is 2. The van der Waals surface area contributed by atoms with Gasteiger partial charge in [-0.3, -0.25) is 9.59 Å². The first-order chi connectivity index (χ1) is 13.5. The zero-order valence-electron chi connectivity index (χ0n) is 16.1. The zero-order chi connectivity index (χ0) is 19.9. The van der Waals surface area contributed by atoms with Gasteiger partial charge in [0.2, 0.25) is 0 Å². The van der Waals surface area contributed by atoms with Crippen LogP contribution in [0.25, 0.3) is 6.08 Å². The molecule has 0 saturated carbocycles. The Morgan fingerprint density at radius 2 is 1.54 bits per heavy atom. The van der Waals surface area contributed by atoms with Crippen LogP contribution in [0, 0.1) is 6.92 Å². The maximum Gasteiger partial charge on any atom is 0.270 e. The maximum atomic E-state index is 13.2. The molecule has 0 spiro atoms. The van der Waals surface area contributed by atoms with E-state index in [1.54, 1.807) is 30.3 Å². The number of hydrogen-bond donors (Lipinski definition) is 1. The molecule has 1 heterocycles. The summed E-state index contributed by atoms with van der Waals surface area (Å²) >= 11 is 5.96. The SMILES string of the molecule is Cc1ccc(C(=O)N/C(=C\c2ccc(Cl)cc2)C(=O)N2CCCCCC2)cc1. The van der Waals surface area contributed by atoms with Gasteiger partial charge in [0.05, 0.1) is 0 Å². The molecule has 2 amide bonds. The largest absolute Gasteiger partial charge is 0.337 e. The number of benzene rings is 2. The van der Waals surface area contributed by atoms with E-state index in [1.165, 1.54) is 0 Å².